The Morgan fingerprint density at radius 1 is 1.24 bits per heavy atom. The molecule has 108 valence electrons. The summed E-state index contributed by atoms with van der Waals surface area (Å²) in [6.45, 7) is 0.508. The van der Waals surface area contributed by atoms with E-state index in [9.17, 15) is 14.9 Å². The summed E-state index contributed by atoms with van der Waals surface area (Å²) in [6, 6.07) is 13.6. The molecule has 1 aliphatic rings. The maximum atomic E-state index is 11.8. The van der Waals surface area contributed by atoms with Crippen LogP contribution in [0.4, 0.5) is 0 Å². The second-order valence-corrected chi connectivity index (χ2v) is 5.37. The fraction of sp³-hybridized carbons (Fsp3) is 0.312. The lowest BCUT2D eigenvalue weighted by Gasteiger charge is -2.07. The molecular weight excluding hydrogens is 268 g/mol. The van der Waals surface area contributed by atoms with Gasteiger partial charge in [0.1, 0.15) is 5.92 Å². The molecule has 2 atom stereocenters. The fourth-order valence-electron chi connectivity index (χ4n) is 2.66. The van der Waals surface area contributed by atoms with Gasteiger partial charge < -0.3 is 5.32 Å². The van der Waals surface area contributed by atoms with Gasteiger partial charge in [0, 0.05) is 17.9 Å². The maximum absolute atomic E-state index is 11.8. The van der Waals surface area contributed by atoms with Gasteiger partial charge in [0.05, 0.1) is 0 Å². The van der Waals surface area contributed by atoms with Gasteiger partial charge in [0.2, 0.25) is 11.9 Å². The standard InChI is InChI=1S/C16H16N2O3/c19-16(14-10-15(14)18(20)21)17-9-8-12-6-3-5-11-4-1-2-7-13(11)12/h1-7,14-15H,8-10H2,(H,17,19)/t14-,15-/m0/s1. The molecule has 2 aromatic carbocycles. The molecule has 3 rings (SSSR count). The average molecular weight is 284 g/mol. The monoisotopic (exact) mass is 284 g/mol. The Balaban J connectivity index is 1.58. The van der Waals surface area contributed by atoms with Gasteiger partial charge in [-0.05, 0) is 22.8 Å². The predicted molar refractivity (Wildman–Crippen MR) is 79.6 cm³/mol. The highest BCUT2D eigenvalue weighted by molar-refractivity contribution is 5.86. The summed E-state index contributed by atoms with van der Waals surface area (Å²) in [7, 11) is 0. The van der Waals surface area contributed by atoms with Crippen LogP contribution in [-0.2, 0) is 11.2 Å². The zero-order valence-electron chi connectivity index (χ0n) is 11.5. The first-order valence-electron chi connectivity index (χ1n) is 7.04. The number of nitrogens with zero attached hydrogens (tertiary/aromatic N) is 1. The lowest BCUT2D eigenvalue weighted by Crippen LogP contribution is -2.29. The van der Waals surface area contributed by atoms with Crippen molar-refractivity contribution in [3.05, 3.63) is 58.1 Å². The molecule has 0 radical (unpaired) electrons. The number of nitrogens with one attached hydrogen (secondary N) is 1. The molecule has 5 heteroatoms. The Bertz CT molecular complexity index is 693. The summed E-state index contributed by atoms with van der Waals surface area (Å²) in [5.41, 5.74) is 1.18. The Morgan fingerprint density at radius 3 is 2.76 bits per heavy atom. The number of fused-ring (bicyclic) bond motifs is 1. The van der Waals surface area contributed by atoms with E-state index >= 15 is 0 Å². The third-order valence-electron chi connectivity index (χ3n) is 3.94. The quantitative estimate of drug-likeness (QED) is 0.675. The number of rotatable bonds is 5. The summed E-state index contributed by atoms with van der Waals surface area (Å²) >= 11 is 0. The Labute approximate surface area is 122 Å². The van der Waals surface area contributed by atoms with Crippen LogP contribution in [0.3, 0.4) is 0 Å². The molecule has 0 spiro atoms. The van der Waals surface area contributed by atoms with Crippen molar-refractivity contribution in [3.8, 4) is 0 Å². The van der Waals surface area contributed by atoms with E-state index in [-0.39, 0.29) is 10.8 Å². The Morgan fingerprint density at radius 2 is 2.00 bits per heavy atom. The molecular formula is C16H16N2O3. The second kappa shape index (κ2) is 5.52. The molecule has 1 fully saturated rings. The van der Waals surface area contributed by atoms with E-state index in [1.165, 1.54) is 16.3 Å². The molecule has 2 aromatic rings. The zero-order valence-corrected chi connectivity index (χ0v) is 11.5. The van der Waals surface area contributed by atoms with E-state index in [1.54, 1.807) is 0 Å². The van der Waals surface area contributed by atoms with Crippen molar-refractivity contribution >= 4 is 16.7 Å². The van der Waals surface area contributed by atoms with E-state index in [0.29, 0.717) is 13.0 Å². The highest BCUT2D eigenvalue weighted by Crippen LogP contribution is 2.32. The molecule has 1 N–H and O–H groups in total. The molecule has 0 unspecified atom stereocenters. The summed E-state index contributed by atoms with van der Waals surface area (Å²) in [4.78, 5) is 21.9. The van der Waals surface area contributed by atoms with E-state index < -0.39 is 12.0 Å². The molecule has 0 saturated heterocycles. The molecule has 0 bridgehead atoms. The van der Waals surface area contributed by atoms with Gasteiger partial charge >= 0.3 is 0 Å². The first kappa shape index (κ1) is 13.5. The maximum Gasteiger partial charge on any atom is 0.230 e. The average Bonchev–Trinajstić information content (AvgIpc) is 3.28. The van der Waals surface area contributed by atoms with Crippen LogP contribution in [0.5, 0.6) is 0 Å². The normalized spacial score (nSPS) is 20.2. The Hall–Kier alpha value is -2.43. The highest BCUT2D eigenvalue weighted by atomic mass is 16.6. The van der Waals surface area contributed by atoms with Crippen LogP contribution in [0, 0.1) is 16.0 Å². The molecule has 21 heavy (non-hydrogen) atoms. The SMILES string of the molecule is O=C(NCCc1cccc2ccccc12)[C@H]1C[C@@H]1[N+](=O)[O-]. The van der Waals surface area contributed by atoms with Gasteiger partial charge in [-0.2, -0.15) is 0 Å². The minimum Gasteiger partial charge on any atom is -0.355 e. The minimum absolute atomic E-state index is 0.197. The van der Waals surface area contributed by atoms with Crippen molar-refractivity contribution in [2.75, 3.05) is 6.54 Å². The van der Waals surface area contributed by atoms with Crippen LogP contribution in [-0.4, -0.2) is 23.4 Å². The number of carbonyl (C=O) groups excluding carboxylic acids is 1. The van der Waals surface area contributed by atoms with Gasteiger partial charge in [-0.3, -0.25) is 14.9 Å². The number of hydrogen-bond donors (Lipinski definition) is 1. The van der Waals surface area contributed by atoms with Gasteiger partial charge in [0.15, 0.2) is 0 Å². The number of benzene rings is 2. The molecule has 0 heterocycles. The Kier molecular flexibility index (Phi) is 3.56. The van der Waals surface area contributed by atoms with E-state index in [1.807, 2.05) is 24.3 Å². The third-order valence-corrected chi connectivity index (χ3v) is 3.94. The summed E-state index contributed by atoms with van der Waals surface area (Å²) in [5, 5.41) is 15.7. The minimum atomic E-state index is -0.678. The van der Waals surface area contributed by atoms with Gasteiger partial charge in [-0.15, -0.1) is 0 Å². The van der Waals surface area contributed by atoms with E-state index in [2.05, 4.69) is 23.5 Å². The van der Waals surface area contributed by atoms with Crippen molar-refractivity contribution in [2.45, 2.75) is 18.9 Å². The molecule has 5 nitrogen and oxygen atoms in total. The largest absolute Gasteiger partial charge is 0.355 e. The third kappa shape index (κ3) is 2.86. The molecule has 0 aromatic heterocycles. The molecule has 0 aliphatic heterocycles. The predicted octanol–water partition coefficient (Wildman–Crippen LogP) is 2.16. The van der Waals surface area contributed by atoms with Crippen molar-refractivity contribution in [3.63, 3.8) is 0 Å². The smallest absolute Gasteiger partial charge is 0.230 e. The second-order valence-electron chi connectivity index (χ2n) is 5.37. The number of nitro groups is 1. The van der Waals surface area contributed by atoms with Crippen LogP contribution >= 0.6 is 0 Å². The first-order chi connectivity index (χ1) is 10.2. The van der Waals surface area contributed by atoms with E-state index in [0.717, 1.165) is 6.42 Å². The van der Waals surface area contributed by atoms with E-state index in [4.69, 9.17) is 0 Å². The lowest BCUT2D eigenvalue weighted by atomic mass is 10.0. The van der Waals surface area contributed by atoms with Crippen LogP contribution in [0.15, 0.2) is 42.5 Å². The number of amides is 1. The lowest BCUT2D eigenvalue weighted by molar-refractivity contribution is -0.497. The van der Waals surface area contributed by atoms with Crippen LogP contribution in [0.25, 0.3) is 10.8 Å². The van der Waals surface area contributed by atoms with Gasteiger partial charge in [-0.25, -0.2) is 0 Å². The van der Waals surface area contributed by atoms with Gasteiger partial charge in [-0.1, -0.05) is 42.5 Å². The molecule has 1 aliphatic carbocycles. The zero-order chi connectivity index (χ0) is 14.8. The summed E-state index contributed by atoms with van der Waals surface area (Å²) in [6.07, 6.45) is 1.09. The number of carbonyl (C=O) groups is 1. The van der Waals surface area contributed by atoms with Crippen LogP contribution in [0.2, 0.25) is 0 Å². The van der Waals surface area contributed by atoms with Crippen LogP contribution < -0.4 is 5.32 Å². The molecule has 1 saturated carbocycles. The molecule has 1 amide bonds. The topological polar surface area (TPSA) is 72.2 Å². The van der Waals surface area contributed by atoms with Crippen molar-refractivity contribution in [1.29, 1.82) is 0 Å². The summed E-state index contributed by atoms with van der Waals surface area (Å²) in [5.74, 6) is -0.635. The van der Waals surface area contributed by atoms with Crippen molar-refractivity contribution < 1.29 is 9.72 Å². The highest BCUT2D eigenvalue weighted by Gasteiger charge is 2.53. The van der Waals surface area contributed by atoms with Crippen molar-refractivity contribution in [2.24, 2.45) is 5.92 Å². The fourth-order valence-corrected chi connectivity index (χ4v) is 2.66. The van der Waals surface area contributed by atoms with Crippen molar-refractivity contribution in [1.82, 2.24) is 5.32 Å². The van der Waals surface area contributed by atoms with Gasteiger partial charge in [0.25, 0.3) is 0 Å². The summed E-state index contributed by atoms with van der Waals surface area (Å²) < 4.78 is 0. The first-order valence-corrected chi connectivity index (χ1v) is 7.04. The number of hydrogen-bond acceptors (Lipinski definition) is 3. The van der Waals surface area contributed by atoms with Crippen LogP contribution in [0.1, 0.15) is 12.0 Å².